The van der Waals surface area contributed by atoms with Crippen LogP contribution in [0.1, 0.15) is 10.4 Å². The van der Waals surface area contributed by atoms with Gasteiger partial charge in [-0.25, -0.2) is 9.18 Å². The van der Waals surface area contributed by atoms with Gasteiger partial charge in [0.1, 0.15) is 5.82 Å². The van der Waals surface area contributed by atoms with Gasteiger partial charge in [-0.15, -0.1) is 0 Å². The normalized spacial score (nSPS) is 10.1. The molecule has 0 aromatic heterocycles. The minimum Gasteiger partial charge on any atom is -0.478 e. The van der Waals surface area contributed by atoms with Crippen LogP contribution in [0.5, 0.6) is 0 Å². The average molecular weight is 266 g/mol. The second-order valence-corrected chi connectivity index (χ2v) is 4.10. The van der Waals surface area contributed by atoms with Crippen molar-refractivity contribution < 1.29 is 14.3 Å². The number of anilines is 2. The Balaban J connectivity index is 2.28. The van der Waals surface area contributed by atoms with Crippen LogP contribution in [-0.4, -0.2) is 11.1 Å². The molecule has 0 fully saturated rings. The number of hydrogen-bond acceptors (Lipinski definition) is 2. The molecule has 0 aliphatic carbocycles. The minimum absolute atomic E-state index is 0.105. The van der Waals surface area contributed by atoms with Crippen molar-refractivity contribution in [3.63, 3.8) is 0 Å². The van der Waals surface area contributed by atoms with Crippen LogP contribution < -0.4 is 5.32 Å². The van der Waals surface area contributed by atoms with Crippen LogP contribution in [0.4, 0.5) is 15.8 Å². The predicted molar refractivity (Wildman–Crippen MR) is 68.1 cm³/mol. The molecule has 3 nitrogen and oxygen atoms in total. The van der Waals surface area contributed by atoms with Gasteiger partial charge in [0, 0.05) is 16.4 Å². The Hall–Kier alpha value is -2.07. The summed E-state index contributed by atoms with van der Waals surface area (Å²) < 4.78 is 13.2. The molecule has 0 heterocycles. The third-order valence-corrected chi connectivity index (χ3v) is 2.53. The summed E-state index contributed by atoms with van der Waals surface area (Å²) in [6.45, 7) is 0. The number of carboxylic acid groups (broad SMARTS) is 1. The molecular formula is C13H9ClFNO2. The lowest BCUT2D eigenvalue weighted by Crippen LogP contribution is -1.99. The minimum atomic E-state index is -1.17. The second kappa shape index (κ2) is 5.06. The predicted octanol–water partition coefficient (Wildman–Crippen LogP) is 3.92. The summed E-state index contributed by atoms with van der Waals surface area (Å²) in [5, 5.41) is 12.3. The highest BCUT2D eigenvalue weighted by Gasteiger charge is 2.07. The summed E-state index contributed by atoms with van der Waals surface area (Å²) in [5.74, 6) is -1.78. The first-order valence-corrected chi connectivity index (χ1v) is 5.49. The maximum atomic E-state index is 13.2. The smallest absolute Gasteiger partial charge is 0.335 e. The topological polar surface area (TPSA) is 49.3 Å². The Morgan fingerprint density at radius 2 is 1.78 bits per heavy atom. The standard InChI is InChI=1S/C13H9ClFNO2/c14-9-1-3-11(4-2-9)16-12-6-8(13(17)18)5-10(15)7-12/h1-7,16H,(H,17,18). The Morgan fingerprint density at radius 3 is 2.39 bits per heavy atom. The molecule has 0 saturated heterocycles. The van der Waals surface area contributed by atoms with Crippen molar-refractivity contribution in [2.24, 2.45) is 0 Å². The van der Waals surface area contributed by atoms with Crippen molar-refractivity contribution in [2.45, 2.75) is 0 Å². The van der Waals surface area contributed by atoms with Crippen molar-refractivity contribution in [3.05, 3.63) is 58.9 Å². The highest BCUT2D eigenvalue weighted by atomic mass is 35.5. The third kappa shape index (κ3) is 2.99. The molecule has 2 aromatic rings. The van der Waals surface area contributed by atoms with Crippen LogP contribution in [-0.2, 0) is 0 Å². The average Bonchev–Trinajstić information content (AvgIpc) is 2.31. The monoisotopic (exact) mass is 265 g/mol. The first-order valence-electron chi connectivity index (χ1n) is 5.11. The molecule has 2 N–H and O–H groups in total. The molecule has 18 heavy (non-hydrogen) atoms. The molecule has 0 spiro atoms. The zero-order valence-corrected chi connectivity index (χ0v) is 9.91. The number of benzene rings is 2. The summed E-state index contributed by atoms with van der Waals surface area (Å²) >= 11 is 5.74. The van der Waals surface area contributed by atoms with Gasteiger partial charge in [-0.3, -0.25) is 0 Å². The van der Waals surface area contributed by atoms with E-state index in [9.17, 15) is 9.18 Å². The Bertz CT molecular complexity index is 584. The van der Waals surface area contributed by atoms with Crippen LogP contribution >= 0.6 is 11.6 Å². The molecule has 0 atom stereocenters. The second-order valence-electron chi connectivity index (χ2n) is 3.67. The molecule has 0 aliphatic heterocycles. The maximum absolute atomic E-state index is 13.2. The molecule has 0 aliphatic rings. The number of halogens is 2. The van der Waals surface area contributed by atoms with Crippen LogP contribution in [0.15, 0.2) is 42.5 Å². The number of carboxylic acids is 1. The van der Waals surface area contributed by atoms with E-state index in [2.05, 4.69) is 5.32 Å². The van der Waals surface area contributed by atoms with E-state index in [0.717, 1.165) is 6.07 Å². The Labute approximate surface area is 108 Å². The van der Waals surface area contributed by atoms with Gasteiger partial charge < -0.3 is 10.4 Å². The molecule has 0 radical (unpaired) electrons. The van der Waals surface area contributed by atoms with Crippen molar-refractivity contribution in [3.8, 4) is 0 Å². The molecule has 92 valence electrons. The number of hydrogen-bond donors (Lipinski definition) is 2. The molecule has 5 heteroatoms. The summed E-state index contributed by atoms with van der Waals surface area (Å²) in [7, 11) is 0. The largest absolute Gasteiger partial charge is 0.478 e. The lowest BCUT2D eigenvalue weighted by molar-refractivity contribution is 0.0696. The van der Waals surface area contributed by atoms with Crippen molar-refractivity contribution in [2.75, 3.05) is 5.32 Å². The van der Waals surface area contributed by atoms with E-state index in [4.69, 9.17) is 16.7 Å². The summed E-state index contributed by atoms with van der Waals surface area (Å²) in [5.41, 5.74) is 0.961. The summed E-state index contributed by atoms with van der Waals surface area (Å²) in [4.78, 5) is 10.8. The summed E-state index contributed by atoms with van der Waals surface area (Å²) in [6, 6.07) is 10.3. The van der Waals surface area contributed by atoms with Gasteiger partial charge in [-0.05, 0) is 42.5 Å². The number of nitrogens with one attached hydrogen (secondary N) is 1. The van der Waals surface area contributed by atoms with E-state index in [1.165, 1.54) is 12.1 Å². The number of rotatable bonds is 3. The summed E-state index contributed by atoms with van der Waals surface area (Å²) in [6.07, 6.45) is 0. The fourth-order valence-electron chi connectivity index (χ4n) is 1.49. The molecule has 0 bridgehead atoms. The fourth-order valence-corrected chi connectivity index (χ4v) is 1.61. The molecule has 0 amide bonds. The highest BCUT2D eigenvalue weighted by Crippen LogP contribution is 2.21. The quantitative estimate of drug-likeness (QED) is 0.884. The molecular weight excluding hydrogens is 257 g/mol. The number of aromatic carboxylic acids is 1. The van der Waals surface area contributed by atoms with Gasteiger partial charge >= 0.3 is 5.97 Å². The third-order valence-electron chi connectivity index (χ3n) is 2.28. The van der Waals surface area contributed by atoms with E-state index in [1.54, 1.807) is 24.3 Å². The van der Waals surface area contributed by atoms with E-state index >= 15 is 0 Å². The molecule has 2 rings (SSSR count). The van der Waals surface area contributed by atoms with Gasteiger partial charge in [0.15, 0.2) is 0 Å². The lowest BCUT2D eigenvalue weighted by Gasteiger charge is -2.07. The van der Waals surface area contributed by atoms with Gasteiger partial charge in [0.25, 0.3) is 0 Å². The first kappa shape index (κ1) is 12.4. The number of carbonyl (C=O) groups is 1. The maximum Gasteiger partial charge on any atom is 0.335 e. The van der Waals surface area contributed by atoms with E-state index in [1.807, 2.05) is 0 Å². The Morgan fingerprint density at radius 1 is 1.11 bits per heavy atom. The van der Waals surface area contributed by atoms with Gasteiger partial charge in [0.2, 0.25) is 0 Å². The lowest BCUT2D eigenvalue weighted by atomic mass is 10.2. The van der Waals surface area contributed by atoms with Gasteiger partial charge in [0.05, 0.1) is 5.56 Å². The zero-order valence-electron chi connectivity index (χ0n) is 9.15. The highest BCUT2D eigenvalue weighted by molar-refractivity contribution is 6.30. The zero-order chi connectivity index (χ0) is 13.1. The van der Waals surface area contributed by atoms with E-state index in [-0.39, 0.29) is 5.56 Å². The van der Waals surface area contributed by atoms with Gasteiger partial charge in [-0.2, -0.15) is 0 Å². The molecule has 0 unspecified atom stereocenters. The van der Waals surface area contributed by atoms with Crippen molar-refractivity contribution in [1.29, 1.82) is 0 Å². The Kier molecular flexibility index (Phi) is 3.48. The first-order chi connectivity index (χ1) is 8.54. The van der Waals surface area contributed by atoms with E-state index in [0.29, 0.717) is 16.4 Å². The van der Waals surface area contributed by atoms with Crippen LogP contribution in [0.3, 0.4) is 0 Å². The SMILES string of the molecule is O=C(O)c1cc(F)cc(Nc2ccc(Cl)cc2)c1. The van der Waals surface area contributed by atoms with E-state index < -0.39 is 11.8 Å². The van der Waals surface area contributed by atoms with Crippen molar-refractivity contribution in [1.82, 2.24) is 0 Å². The van der Waals surface area contributed by atoms with Crippen molar-refractivity contribution >= 4 is 28.9 Å². The van der Waals surface area contributed by atoms with Crippen LogP contribution in [0.25, 0.3) is 0 Å². The van der Waals surface area contributed by atoms with Gasteiger partial charge in [-0.1, -0.05) is 11.6 Å². The molecule has 2 aromatic carbocycles. The fraction of sp³-hybridized carbons (Fsp3) is 0. The van der Waals surface area contributed by atoms with Crippen LogP contribution in [0, 0.1) is 5.82 Å². The van der Waals surface area contributed by atoms with Crippen LogP contribution in [0.2, 0.25) is 5.02 Å². The molecule has 0 saturated carbocycles.